The van der Waals surface area contributed by atoms with E-state index in [2.05, 4.69) is 25.0 Å². The first-order valence-corrected chi connectivity index (χ1v) is 12.4. The summed E-state index contributed by atoms with van der Waals surface area (Å²) in [6.45, 7) is 0. The van der Waals surface area contributed by atoms with Crippen LogP contribution in [0.15, 0.2) is 48.0 Å². The maximum absolute atomic E-state index is 15.5. The fourth-order valence-corrected chi connectivity index (χ4v) is 4.81. The molecule has 0 radical (unpaired) electrons. The quantitative estimate of drug-likeness (QED) is 0.372. The summed E-state index contributed by atoms with van der Waals surface area (Å²) in [5.74, 6) is -2.80. The molecule has 1 aliphatic carbocycles. The summed E-state index contributed by atoms with van der Waals surface area (Å²) >= 11 is 5.94. The van der Waals surface area contributed by atoms with E-state index in [1.165, 1.54) is 36.4 Å². The maximum atomic E-state index is 15.5. The summed E-state index contributed by atoms with van der Waals surface area (Å²) in [5.41, 5.74) is -0.861. The van der Waals surface area contributed by atoms with Gasteiger partial charge in [0.1, 0.15) is 18.2 Å². The number of carbonyl (C=O) groups excluding carboxylic acids is 1. The first-order valence-electron chi connectivity index (χ1n) is 10.6. The second-order valence-corrected chi connectivity index (χ2v) is 9.99. The van der Waals surface area contributed by atoms with Gasteiger partial charge in [0.05, 0.1) is 33.7 Å². The minimum atomic E-state index is -4.43. The van der Waals surface area contributed by atoms with E-state index in [0.29, 0.717) is 5.52 Å². The molecule has 1 aliphatic rings. The van der Waals surface area contributed by atoms with Crippen molar-refractivity contribution in [1.82, 2.24) is 24.7 Å². The molecule has 1 fully saturated rings. The van der Waals surface area contributed by atoms with Gasteiger partial charge in [-0.15, -0.1) is 0 Å². The summed E-state index contributed by atoms with van der Waals surface area (Å²) in [7, 11) is -2.99. The van der Waals surface area contributed by atoms with Crippen molar-refractivity contribution in [2.24, 2.45) is 0 Å². The van der Waals surface area contributed by atoms with Gasteiger partial charge in [-0.3, -0.25) is 14.5 Å². The van der Waals surface area contributed by atoms with E-state index < -0.39 is 38.8 Å². The normalized spacial score (nSPS) is 13.6. The molecule has 3 aromatic heterocycles. The molecule has 5 rings (SSSR count). The molecule has 10 nitrogen and oxygen atoms in total. The second kappa shape index (κ2) is 8.99. The number of pyridine rings is 1. The molecule has 36 heavy (non-hydrogen) atoms. The number of hydrogen-bond acceptors (Lipinski definition) is 7. The molecule has 4 aromatic rings. The Morgan fingerprint density at radius 1 is 1.19 bits per heavy atom. The van der Waals surface area contributed by atoms with E-state index in [4.69, 9.17) is 16.3 Å². The number of ether oxygens (including phenoxy) is 1. The molecule has 0 saturated heterocycles. The summed E-state index contributed by atoms with van der Waals surface area (Å²) in [4.78, 5) is 23.5. The Hall–Kier alpha value is -3.84. The van der Waals surface area contributed by atoms with Gasteiger partial charge in [-0.1, -0.05) is 11.6 Å². The number of sulfonamides is 1. The number of anilines is 1. The lowest BCUT2D eigenvalue weighted by molar-refractivity contribution is 0.0960. The summed E-state index contributed by atoms with van der Waals surface area (Å²) in [5, 5.41) is 2.47. The monoisotopic (exact) mass is 534 g/mol. The molecule has 0 bridgehead atoms. The maximum Gasteiger partial charge on any atom is 0.271 e. The van der Waals surface area contributed by atoms with Gasteiger partial charge in [0.25, 0.3) is 15.9 Å². The van der Waals surface area contributed by atoms with Crippen molar-refractivity contribution in [3.8, 4) is 17.1 Å². The fourth-order valence-electron chi connectivity index (χ4n) is 3.42. The number of amides is 1. The molecule has 0 spiro atoms. The van der Waals surface area contributed by atoms with Crippen molar-refractivity contribution < 1.29 is 26.7 Å². The molecule has 1 amide bonds. The third kappa shape index (κ3) is 4.42. The van der Waals surface area contributed by atoms with Gasteiger partial charge in [-0.25, -0.2) is 27.2 Å². The number of benzene rings is 1. The van der Waals surface area contributed by atoms with Crippen molar-refractivity contribution in [2.45, 2.75) is 23.8 Å². The predicted molar refractivity (Wildman–Crippen MR) is 125 cm³/mol. The van der Waals surface area contributed by atoms with Crippen molar-refractivity contribution in [2.75, 3.05) is 11.8 Å². The minimum Gasteiger partial charge on any atom is -0.473 e. The number of nitrogens with one attached hydrogen (secondary N) is 2. The summed E-state index contributed by atoms with van der Waals surface area (Å²) in [6, 6.07) is 2.99. The number of halogens is 3. The highest BCUT2D eigenvalue weighted by molar-refractivity contribution is 7.92. The van der Waals surface area contributed by atoms with Crippen LogP contribution in [-0.2, 0) is 10.0 Å². The SMILES string of the molecule is CNC(=O)c1ncn2cc(-c3c(F)ccc(NS(=O)(=O)c4cc(Cl)cnc4OC4CC4)c3F)ncc12. The van der Waals surface area contributed by atoms with Crippen LogP contribution in [0.2, 0.25) is 5.02 Å². The Labute approximate surface area is 208 Å². The molecule has 3 heterocycles. The molecule has 1 saturated carbocycles. The molecule has 0 atom stereocenters. The number of carbonyl (C=O) groups is 1. The third-order valence-corrected chi connectivity index (χ3v) is 6.90. The topological polar surface area (TPSA) is 128 Å². The van der Waals surface area contributed by atoms with E-state index in [1.807, 2.05) is 0 Å². The number of hydrogen-bond donors (Lipinski definition) is 2. The number of rotatable bonds is 7. The molecular weight excluding hydrogens is 518 g/mol. The average molecular weight is 535 g/mol. The van der Waals surface area contributed by atoms with E-state index in [-0.39, 0.29) is 33.3 Å². The van der Waals surface area contributed by atoms with Crippen LogP contribution in [-0.4, -0.2) is 46.8 Å². The van der Waals surface area contributed by atoms with Crippen LogP contribution in [0.25, 0.3) is 16.8 Å². The van der Waals surface area contributed by atoms with Gasteiger partial charge in [0.15, 0.2) is 16.4 Å². The molecular formula is C22H17ClF2N6O4S. The van der Waals surface area contributed by atoms with Crippen molar-refractivity contribution in [3.05, 3.63) is 65.5 Å². The number of nitrogens with zero attached hydrogens (tertiary/aromatic N) is 4. The van der Waals surface area contributed by atoms with Gasteiger partial charge >= 0.3 is 0 Å². The first kappa shape index (κ1) is 23.9. The van der Waals surface area contributed by atoms with Gasteiger partial charge in [0, 0.05) is 19.4 Å². The van der Waals surface area contributed by atoms with Crippen LogP contribution in [0.5, 0.6) is 5.88 Å². The molecule has 0 aliphatic heterocycles. The fraction of sp³-hybridized carbons (Fsp3) is 0.182. The Bertz CT molecular complexity index is 1620. The zero-order valence-corrected chi connectivity index (χ0v) is 20.1. The van der Waals surface area contributed by atoms with Crippen LogP contribution >= 0.6 is 11.6 Å². The summed E-state index contributed by atoms with van der Waals surface area (Å²) in [6.07, 6.45) is 6.40. The zero-order chi connectivity index (χ0) is 25.6. The Morgan fingerprint density at radius 2 is 1.97 bits per heavy atom. The largest absolute Gasteiger partial charge is 0.473 e. The van der Waals surface area contributed by atoms with Gasteiger partial charge < -0.3 is 14.5 Å². The molecule has 186 valence electrons. The highest BCUT2D eigenvalue weighted by Crippen LogP contribution is 2.34. The van der Waals surface area contributed by atoms with E-state index >= 15 is 4.39 Å². The van der Waals surface area contributed by atoms with Crippen molar-refractivity contribution in [1.29, 1.82) is 0 Å². The van der Waals surface area contributed by atoms with E-state index in [9.17, 15) is 17.6 Å². The summed E-state index contributed by atoms with van der Waals surface area (Å²) < 4.78 is 65.5. The highest BCUT2D eigenvalue weighted by Gasteiger charge is 2.30. The lowest BCUT2D eigenvalue weighted by Crippen LogP contribution is -2.18. The lowest BCUT2D eigenvalue weighted by atomic mass is 10.1. The smallest absolute Gasteiger partial charge is 0.271 e. The van der Waals surface area contributed by atoms with Crippen LogP contribution in [0.3, 0.4) is 0 Å². The Balaban J connectivity index is 1.53. The van der Waals surface area contributed by atoms with Gasteiger partial charge in [-0.05, 0) is 31.0 Å². The van der Waals surface area contributed by atoms with Crippen molar-refractivity contribution >= 4 is 38.7 Å². The molecule has 1 aromatic carbocycles. The lowest BCUT2D eigenvalue weighted by Gasteiger charge is -2.14. The minimum absolute atomic E-state index is 0.0350. The van der Waals surface area contributed by atoms with Crippen LogP contribution < -0.4 is 14.8 Å². The standard InChI is InChI=1S/C22H17ClF2N6O4S/c1-26-21(32)20-16-8-27-15(9-31(16)10-29-20)18-13(24)4-5-14(19(18)25)30-36(33,34)17-6-11(23)7-28-22(17)35-12-2-3-12/h4-10,12,30H,2-3H2,1H3,(H,26,32). The third-order valence-electron chi connectivity index (χ3n) is 5.33. The Morgan fingerprint density at radius 3 is 2.69 bits per heavy atom. The van der Waals surface area contributed by atoms with Crippen molar-refractivity contribution in [3.63, 3.8) is 0 Å². The average Bonchev–Trinajstić information content (AvgIpc) is 3.57. The number of imidazole rings is 1. The van der Waals surface area contributed by atoms with Crippen LogP contribution in [0.1, 0.15) is 23.3 Å². The zero-order valence-electron chi connectivity index (χ0n) is 18.5. The van der Waals surface area contributed by atoms with Gasteiger partial charge in [-0.2, -0.15) is 0 Å². The molecule has 14 heteroatoms. The Kier molecular flexibility index (Phi) is 5.96. The number of aromatic nitrogens is 4. The van der Waals surface area contributed by atoms with Gasteiger partial charge in [0.2, 0.25) is 5.88 Å². The number of fused-ring (bicyclic) bond motifs is 1. The second-order valence-electron chi connectivity index (χ2n) is 7.90. The molecule has 2 N–H and O–H groups in total. The first-order chi connectivity index (χ1) is 17.2. The van der Waals surface area contributed by atoms with Crippen LogP contribution in [0.4, 0.5) is 14.5 Å². The van der Waals surface area contributed by atoms with E-state index in [0.717, 1.165) is 31.0 Å². The predicted octanol–water partition coefficient (Wildman–Crippen LogP) is 3.42. The van der Waals surface area contributed by atoms with E-state index in [1.54, 1.807) is 0 Å². The highest BCUT2D eigenvalue weighted by atomic mass is 35.5. The van der Waals surface area contributed by atoms with Crippen LogP contribution in [0, 0.1) is 11.6 Å². The molecule has 0 unspecified atom stereocenters.